The van der Waals surface area contributed by atoms with Crippen molar-refractivity contribution < 1.29 is 14.3 Å². The molecule has 0 rings (SSSR count). The van der Waals surface area contributed by atoms with Crippen LogP contribution in [0.5, 0.6) is 0 Å². The van der Waals surface area contributed by atoms with Gasteiger partial charge in [-0.25, -0.2) is 0 Å². The van der Waals surface area contributed by atoms with Gasteiger partial charge in [0.25, 0.3) is 0 Å². The van der Waals surface area contributed by atoms with E-state index in [0.717, 1.165) is 0 Å². The molecule has 0 heterocycles. The second-order valence-corrected chi connectivity index (χ2v) is 2.55. The van der Waals surface area contributed by atoms with Crippen molar-refractivity contribution in [1.82, 2.24) is 5.32 Å². The van der Waals surface area contributed by atoms with E-state index in [1.807, 2.05) is 6.92 Å². The quantitative estimate of drug-likeness (QED) is 0.497. The van der Waals surface area contributed by atoms with Gasteiger partial charge < -0.3 is 11.1 Å². The molecule has 0 aromatic carbocycles. The number of hydrogen-bond donors (Lipinski definition) is 3. The van der Waals surface area contributed by atoms with Gasteiger partial charge in [0.1, 0.15) is 0 Å². The highest BCUT2D eigenvalue weighted by Crippen LogP contribution is 1.99. The number of amides is 1. The molecule has 1 unspecified atom stereocenters. The summed E-state index contributed by atoms with van der Waals surface area (Å²) in [4.78, 5) is 17.7. The van der Waals surface area contributed by atoms with Crippen LogP contribution in [0.4, 0.5) is 0 Å². The Labute approximate surface area is 66.8 Å². The molecule has 0 radical (unpaired) electrons. The summed E-state index contributed by atoms with van der Waals surface area (Å²) in [5.74, 6) is -0.0949. The molecule has 0 aliphatic rings. The summed E-state index contributed by atoms with van der Waals surface area (Å²) < 4.78 is 9.15. The van der Waals surface area contributed by atoms with E-state index < -0.39 is 8.03 Å². The Kier molecular flexibility index (Phi) is 11.3. The number of carbonyl (C=O) groups excluding carboxylic acids is 1. The molecule has 4 N–H and O–H groups in total. The summed E-state index contributed by atoms with van der Waals surface area (Å²) >= 11 is 0. The highest BCUT2D eigenvalue weighted by Gasteiger charge is 1.88. The maximum atomic E-state index is 10.2. The minimum absolute atomic E-state index is 0.0911. The lowest BCUT2D eigenvalue weighted by molar-refractivity contribution is -0.119. The molecular weight excluding hydrogens is 167 g/mol. The van der Waals surface area contributed by atoms with Crippen molar-refractivity contribution in [3.63, 3.8) is 0 Å². The van der Waals surface area contributed by atoms with E-state index in [-0.39, 0.29) is 12.5 Å². The molecule has 66 valence electrons. The lowest BCUT2D eigenvalue weighted by atomic mass is 10.6. The third-order valence-corrected chi connectivity index (χ3v) is 0.559. The van der Waals surface area contributed by atoms with Crippen molar-refractivity contribution in [2.75, 3.05) is 19.8 Å². The first kappa shape index (κ1) is 13.1. The van der Waals surface area contributed by atoms with Gasteiger partial charge in [-0.05, 0) is 11.5 Å². The number of nitrogens with one attached hydrogen (secondary N) is 1. The molecular formula is C5H14N2O3P+. The van der Waals surface area contributed by atoms with Crippen LogP contribution in [0.25, 0.3) is 0 Å². The number of likely N-dealkylation sites (N-methyl/N-ethyl adjacent to an activating group) is 1. The van der Waals surface area contributed by atoms with Crippen LogP contribution in [0.1, 0.15) is 6.92 Å². The topological polar surface area (TPSA) is 92.4 Å². The van der Waals surface area contributed by atoms with Crippen LogP contribution in [-0.2, 0) is 9.36 Å². The van der Waals surface area contributed by atoms with Crippen LogP contribution < -0.4 is 11.1 Å². The zero-order valence-electron chi connectivity index (χ0n) is 6.70. The second kappa shape index (κ2) is 9.49. The predicted octanol–water partition coefficient (Wildman–Crippen LogP) is -0.568. The molecule has 0 spiro atoms. The normalized spacial score (nSPS) is 9.27. The molecule has 1 atom stereocenters. The van der Waals surface area contributed by atoms with E-state index in [1.165, 1.54) is 6.66 Å². The predicted molar refractivity (Wildman–Crippen MR) is 43.5 cm³/mol. The van der Waals surface area contributed by atoms with E-state index in [9.17, 15) is 4.79 Å². The first-order chi connectivity index (χ1) is 5.04. The largest absolute Gasteiger partial charge is 0.502 e. The molecule has 0 aromatic rings. The molecule has 0 aliphatic carbocycles. The molecule has 0 fully saturated rings. The highest BCUT2D eigenvalue weighted by molar-refractivity contribution is 7.36. The van der Waals surface area contributed by atoms with Crippen LogP contribution in [0, 0.1) is 0 Å². The van der Waals surface area contributed by atoms with Gasteiger partial charge >= 0.3 is 8.03 Å². The summed E-state index contributed by atoms with van der Waals surface area (Å²) in [5, 5.41) is 2.53. The molecule has 6 heteroatoms. The third kappa shape index (κ3) is 26.4. The highest BCUT2D eigenvalue weighted by atomic mass is 31.1. The van der Waals surface area contributed by atoms with Crippen molar-refractivity contribution in [3.05, 3.63) is 0 Å². The Morgan fingerprint density at radius 3 is 2.18 bits per heavy atom. The maximum absolute atomic E-state index is 10.2. The van der Waals surface area contributed by atoms with Crippen LogP contribution in [0.15, 0.2) is 0 Å². The molecule has 0 bridgehead atoms. The summed E-state index contributed by atoms with van der Waals surface area (Å²) in [7, 11) is -1.87. The number of hydrogen-bond acceptors (Lipinski definition) is 3. The smallest absolute Gasteiger partial charge is 0.355 e. The summed E-state index contributed by atoms with van der Waals surface area (Å²) in [6, 6.07) is 0. The molecule has 0 aliphatic heterocycles. The van der Waals surface area contributed by atoms with Crippen molar-refractivity contribution in [3.8, 4) is 0 Å². The molecule has 0 saturated carbocycles. The van der Waals surface area contributed by atoms with Crippen LogP contribution in [0.2, 0.25) is 0 Å². The van der Waals surface area contributed by atoms with Gasteiger partial charge in [-0.2, -0.15) is 4.89 Å². The van der Waals surface area contributed by atoms with Crippen LogP contribution in [-0.4, -0.2) is 30.6 Å². The fourth-order valence-electron chi connectivity index (χ4n) is 0.269. The standard InChI is InChI=1S/C4H10N2O.CH3O2P/c1-2-6-4(7)3-5;1-4(2)3/h2-3,5H2,1H3,(H,6,7);1H3/p+1. The van der Waals surface area contributed by atoms with Gasteiger partial charge in [0.2, 0.25) is 5.91 Å². The van der Waals surface area contributed by atoms with Gasteiger partial charge in [-0.3, -0.25) is 4.79 Å². The number of nitrogens with two attached hydrogens (primary N) is 1. The van der Waals surface area contributed by atoms with E-state index in [2.05, 4.69) is 5.32 Å². The van der Waals surface area contributed by atoms with Crippen molar-refractivity contribution in [2.24, 2.45) is 5.73 Å². The molecule has 11 heavy (non-hydrogen) atoms. The second-order valence-electron chi connectivity index (χ2n) is 1.62. The first-order valence-electron chi connectivity index (χ1n) is 3.11. The monoisotopic (exact) mass is 181 g/mol. The molecule has 0 aromatic heterocycles. The lowest BCUT2D eigenvalue weighted by Crippen LogP contribution is -2.29. The Hall–Kier alpha value is -0.510. The fraction of sp³-hybridized carbons (Fsp3) is 0.800. The van der Waals surface area contributed by atoms with Crippen LogP contribution >= 0.6 is 8.03 Å². The van der Waals surface area contributed by atoms with Crippen molar-refractivity contribution in [1.29, 1.82) is 0 Å². The average Bonchev–Trinajstić information content (AvgIpc) is 1.87. The van der Waals surface area contributed by atoms with Gasteiger partial charge in [-0.1, -0.05) is 0 Å². The zero-order valence-corrected chi connectivity index (χ0v) is 7.60. The van der Waals surface area contributed by atoms with E-state index in [4.69, 9.17) is 15.2 Å². The summed E-state index contributed by atoms with van der Waals surface area (Å²) in [5.41, 5.74) is 4.95. The van der Waals surface area contributed by atoms with Gasteiger partial charge in [0.05, 0.1) is 6.54 Å². The minimum atomic E-state index is -1.87. The van der Waals surface area contributed by atoms with Gasteiger partial charge in [0.15, 0.2) is 6.66 Å². The molecule has 1 amide bonds. The fourth-order valence-corrected chi connectivity index (χ4v) is 0.269. The molecule has 5 nitrogen and oxygen atoms in total. The minimum Gasteiger partial charge on any atom is -0.355 e. The van der Waals surface area contributed by atoms with E-state index >= 15 is 0 Å². The van der Waals surface area contributed by atoms with E-state index in [0.29, 0.717) is 6.54 Å². The third-order valence-electron chi connectivity index (χ3n) is 0.559. The first-order valence-corrected chi connectivity index (χ1v) is 4.77. The van der Waals surface area contributed by atoms with Gasteiger partial charge in [0, 0.05) is 6.54 Å². The van der Waals surface area contributed by atoms with Gasteiger partial charge in [-0.15, -0.1) is 0 Å². The Morgan fingerprint density at radius 2 is 2.09 bits per heavy atom. The zero-order chi connectivity index (χ0) is 9.28. The average molecular weight is 181 g/mol. The number of rotatable bonds is 2. The molecule has 0 saturated heterocycles. The van der Waals surface area contributed by atoms with E-state index in [1.54, 1.807) is 0 Å². The Bertz CT molecular complexity index is 125. The summed E-state index contributed by atoms with van der Waals surface area (Å²) in [6.45, 7) is 3.84. The summed E-state index contributed by atoms with van der Waals surface area (Å²) in [6.07, 6.45) is 0. The van der Waals surface area contributed by atoms with Crippen LogP contribution in [0.3, 0.4) is 0 Å². The van der Waals surface area contributed by atoms with Crippen molar-refractivity contribution >= 4 is 13.9 Å². The SMILES string of the molecule is CCNC(=O)CN.C[P+](=O)O. The maximum Gasteiger partial charge on any atom is 0.502 e. The number of carbonyl (C=O) groups is 1. The van der Waals surface area contributed by atoms with Crippen molar-refractivity contribution in [2.45, 2.75) is 6.92 Å². The lowest BCUT2D eigenvalue weighted by Gasteiger charge is -1.93. The Balaban J connectivity index is 0. The Morgan fingerprint density at radius 1 is 1.73 bits per heavy atom.